The molecule has 1 saturated heterocycles. The van der Waals surface area contributed by atoms with Crippen LogP contribution in [0.15, 0.2) is 18.2 Å². The summed E-state index contributed by atoms with van der Waals surface area (Å²) in [5.74, 6) is -2.03. The number of carboxylic acids is 1. The van der Waals surface area contributed by atoms with Crippen LogP contribution in [0.5, 0.6) is 0 Å². The Morgan fingerprint density at radius 2 is 1.57 bits per heavy atom. The van der Waals surface area contributed by atoms with E-state index in [-0.39, 0.29) is 18.5 Å². The number of nitrogens with one attached hydrogen (secondary N) is 1. The van der Waals surface area contributed by atoms with Crippen LogP contribution in [0.3, 0.4) is 0 Å². The molecule has 1 atom stereocenters. The number of aliphatic carboxylic acids is 1. The number of carboxylic acid groups (broad SMARTS) is 1. The summed E-state index contributed by atoms with van der Waals surface area (Å²) in [5.41, 5.74) is -3.76. The summed E-state index contributed by atoms with van der Waals surface area (Å²) < 4.78 is 77.0. The molecule has 0 radical (unpaired) electrons. The first-order valence-electron chi connectivity index (χ1n) is 7.94. The van der Waals surface area contributed by atoms with Gasteiger partial charge in [0.1, 0.15) is 6.04 Å². The van der Waals surface area contributed by atoms with Crippen molar-refractivity contribution in [2.45, 2.75) is 37.7 Å². The first-order valence-corrected chi connectivity index (χ1v) is 7.94. The predicted molar refractivity (Wildman–Crippen MR) is 89.2 cm³/mol. The molecule has 0 spiro atoms. The molecule has 1 heterocycles. The minimum absolute atomic E-state index is 0. The van der Waals surface area contributed by atoms with Crippen LogP contribution in [-0.2, 0) is 21.9 Å². The number of piperidine rings is 1. The molecule has 2 rings (SSSR count). The third-order valence-corrected chi connectivity index (χ3v) is 4.12. The van der Waals surface area contributed by atoms with Crippen LogP contribution < -0.4 is 5.32 Å². The molecule has 1 aromatic carbocycles. The van der Waals surface area contributed by atoms with Crippen LogP contribution in [0.1, 0.15) is 30.4 Å². The van der Waals surface area contributed by atoms with Gasteiger partial charge in [0.05, 0.1) is 17.7 Å². The Balaban J connectivity index is 0.00000392. The molecule has 12 heteroatoms. The van der Waals surface area contributed by atoms with Gasteiger partial charge < -0.3 is 10.4 Å². The summed E-state index contributed by atoms with van der Waals surface area (Å²) in [6.45, 7) is -0.157. The molecule has 0 aromatic heterocycles. The van der Waals surface area contributed by atoms with E-state index in [1.54, 1.807) is 0 Å². The molecular formula is C16H17ClF6N2O3. The van der Waals surface area contributed by atoms with Crippen LogP contribution in [0, 0.1) is 0 Å². The lowest BCUT2D eigenvalue weighted by atomic mass is 10.0. The van der Waals surface area contributed by atoms with E-state index in [0.29, 0.717) is 37.9 Å². The number of amides is 1. The predicted octanol–water partition coefficient (Wildman–Crippen LogP) is 4.02. The molecule has 0 bridgehead atoms. The zero-order chi connectivity index (χ0) is 20.4. The summed E-state index contributed by atoms with van der Waals surface area (Å²) in [7, 11) is 0. The first-order chi connectivity index (χ1) is 12.4. The Bertz CT molecular complexity index is 691. The fourth-order valence-electron chi connectivity index (χ4n) is 2.87. The van der Waals surface area contributed by atoms with Crippen molar-refractivity contribution in [1.29, 1.82) is 0 Å². The average molecular weight is 435 g/mol. The monoisotopic (exact) mass is 434 g/mol. The van der Waals surface area contributed by atoms with E-state index in [2.05, 4.69) is 0 Å². The van der Waals surface area contributed by atoms with E-state index < -0.39 is 53.6 Å². The van der Waals surface area contributed by atoms with Gasteiger partial charge in [0, 0.05) is 5.69 Å². The van der Waals surface area contributed by atoms with Gasteiger partial charge in [-0.1, -0.05) is 6.42 Å². The maximum atomic E-state index is 12.8. The number of benzene rings is 1. The maximum Gasteiger partial charge on any atom is 0.416 e. The summed E-state index contributed by atoms with van der Waals surface area (Å²) in [4.78, 5) is 24.6. The first kappa shape index (κ1) is 24.0. The van der Waals surface area contributed by atoms with Gasteiger partial charge in [-0.3, -0.25) is 14.5 Å². The third-order valence-electron chi connectivity index (χ3n) is 4.12. The Morgan fingerprint density at radius 1 is 1.04 bits per heavy atom. The van der Waals surface area contributed by atoms with Gasteiger partial charge in [-0.05, 0) is 37.6 Å². The number of hydrogen-bond donors (Lipinski definition) is 2. The molecule has 5 nitrogen and oxygen atoms in total. The van der Waals surface area contributed by atoms with Gasteiger partial charge in [0.25, 0.3) is 0 Å². The Labute approximate surface area is 162 Å². The summed E-state index contributed by atoms with van der Waals surface area (Å²) >= 11 is 0. The van der Waals surface area contributed by atoms with E-state index in [4.69, 9.17) is 5.11 Å². The number of nitrogens with zero attached hydrogens (tertiary/aromatic N) is 1. The lowest BCUT2D eigenvalue weighted by Gasteiger charge is -2.32. The van der Waals surface area contributed by atoms with Crippen molar-refractivity contribution in [2.75, 3.05) is 18.4 Å². The van der Waals surface area contributed by atoms with E-state index in [9.17, 15) is 35.9 Å². The van der Waals surface area contributed by atoms with Gasteiger partial charge in [-0.25, -0.2) is 0 Å². The van der Waals surface area contributed by atoms with E-state index in [1.807, 2.05) is 5.32 Å². The van der Waals surface area contributed by atoms with Crippen LogP contribution in [0.25, 0.3) is 0 Å². The molecule has 0 saturated carbocycles. The minimum Gasteiger partial charge on any atom is -0.480 e. The maximum absolute atomic E-state index is 12.8. The largest absolute Gasteiger partial charge is 0.480 e. The number of halogens is 7. The zero-order valence-corrected chi connectivity index (χ0v) is 15.0. The van der Waals surface area contributed by atoms with Gasteiger partial charge in [-0.2, -0.15) is 26.3 Å². The normalized spacial score (nSPS) is 18.3. The average Bonchev–Trinajstić information content (AvgIpc) is 2.53. The zero-order valence-electron chi connectivity index (χ0n) is 14.2. The van der Waals surface area contributed by atoms with Crippen molar-refractivity contribution in [2.24, 2.45) is 0 Å². The number of carbonyl (C=O) groups excluding carboxylic acids is 1. The molecule has 1 aliphatic heterocycles. The molecule has 1 amide bonds. The van der Waals surface area contributed by atoms with Gasteiger partial charge in [0.2, 0.25) is 5.91 Å². The van der Waals surface area contributed by atoms with Crippen molar-refractivity contribution < 1.29 is 41.0 Å². The van der Waals surface area contributed by atoms with Crippen molar-refractivity contribution in [3.05, 3.63) is 29.3 Å². The Morgan fingerprint density at radius 3 is 2.04 bits per heavy atom. The highest BCUT2D eigenvalue weighted by Gasteiger charge is 2.37. The van der Waals surface area contributed by atoms with Gasteiger partial charge in [0.15, 0.2) is 0 Å². The fraction of sp³-hybridized carbons (Fsp3) is 0.500. The Kier molecular flexibility index (Phi) is 7.72. The summed E-state index contributed by atoms with van der Waals surface area (Å²) in [6.07, 6.45) is -8.45. The number of anilines is 1. The highest BCUT2D eigenvalue weighted by Crippen LogP contribution is 2.37. The molecule has 0 aliphatic carbocycles. The van der Waals surface area contributed by atoms with E-state index in [1.165, 1.54) is 4.90 Å². The second kappa shape index (κ2) is 8.99. The van der Waals surface area contributed by atoms with E-state index >= 15 is 0 Å². The molecule has 1 aromatic rings. The van der Waals surface area contributed by atoms with E-state index in [0.717, 1.165) is 0 Å². The molecule has 1 fully saturated rings. The standard InChI is InChI=1S/C16H16F6N2O3.ClH/c17-15(18,19)9-5-10(16(20,21)22)7-11(6-9)23-13(25)8-24-4-2-1-3-12(24)14(26)27;/h5-7,12H,1-4,8H2,(H,23,25)(H,26,27);1H. The molecule has 1 aliphatic rings. The van der Waals surface area contributed by atoms with Gasteiger partial charge in [-0.15, -0.1) is 12.4 Å². The lowest BCUT2D eigenvalue weighted by Crippen LogP contribution is -2.47. The van der Waals surface area contributed by atoms with Crippen LogP contribution in [0.4, 0.5) is 32.0 Å². The summed E-state index contributed by atoms with van der Waals surface area (Å²) in [5, 5.41) is 11.1. The van der Waals surface area contributed by atoms with Crippen molar-refractivity contribution in [3.63, 3.8) is 0 Å². The molecular weight excluding hydrogens is 418 g/mol. The Hall–Kier alpha value is -2.01. The number of carbonyl (C=O) groups is 2. The quantitative estimate of drug-likeness (QED) is 0.702. The lowest BCUT2D eigenvalue weighted by molar-refractivity contribution is -0.145. The van der Waals surface area contributed by atoms with Gasteiger partial charge >= 0.3 is 18.3 Å². The molecule has 1 unspecified atom stereocenters. The number of hydrogen-bond acceptors (Lipinski definition) is 3. The smallest absolute Gasteiger partial charge is 0.416 e. The van der Waals surface area contributed by atoms with Crippen molar-refractivity contribution in [3.8, 4) is 0 Å². The number of likely N-dealkylation sites (tertiary alicyclic amines) is 1. The fourth-order valence-corrected chi connectivity index (χ4v) is 2.87. The molecule has 158 valence electrons. The van der Waals surface area contributed by atoms with Crippen LogP contribution in [0.2, 0.25) is 0 Å². The highest BCUT2D eigenvalue weighted by atomic mass is 35.5. The van der Waals surface area contributed by atoms with Crippen molar-refractivity contribution >= 4 is 30.0 Å². The van der Waals surface area contributed by atoms with Crippen molar-refractivity contribution in [1.82, 2.24) is 4.90 Å². The topological polar surface area (TPSA) is 69.6 Å². The minimum atomic E-state index is -5.03. The molecule has 2 N–H and O–H groups in total. The highest BCUT2D eigenvalue weighted by molar-refractivity contribution is 5.93. The third kappa shape index (κ3) is 6.26. The number of alkyl halides is 6. The molecule has 28 heavy (non-hydrogen) atoms. The SMILES string of the molecule is Cl.O=C(CN1CCCCC1C(=O)O)Nc1cc(C(F)(F)F)cc(C(F)(F)F)c1. The van der Waals surface area contributed by atoms with Crippen LogP contribution in [-0.4, -0.2) is 41.0 Å². The second-order valence-corrected chi connectivity index (χ2v) is 6.16. The summed E-state index contributed by atoms with van der Waals surface area (Å²) in [6, 6.07) is -0.159. The number of rotatable bonds is 4. The second-order valence-electron chi connectivity index (χ2n) is 6.16. The van der Waals surface area contributed by atoms with Crippen LogP contribution >= 0.6 is 12.4 Å².